The third-order valence-electron chi connectivity index (χ3n) is 5.82. The molecule has 1 aromatic heterocycles. The van der Waals surface area contributed by atoms with E-state index < -0.39 is 0 Å². The molecule has 0 aliphatic carbocycles. The molecule has 0 spiro atoms. The Kier molecular flexibility index (Phi) is 7.19. The average molecular weight is 454 g/mol. The van der Waals surface area contributed by atoms with E-state index in [1.165, 1.54) is 12.1 Å². The summed E-state index contributed by atoms with van der Waals surface area (Å²) in [5.74, 6) is 2.33. The van der Waals surface area contributed by atoms with Gasteiger partial charge in [-0.15, -0.1) is 10.2 Å². The fourth-order valence-corrected chi connectivity index (χ4v) is 3.99. The van der Waals surface area contributed by atoms with Crippen LogP contribution in [0.2, 0.25) is 0 Å². The maximum atomic E-state index is 13.0. The number of benzene rings is 2. The number of phenols is 1. The molecule has 1 amide bonds. The monoisotopic (exact) mass is 453 g/mol. The van der Waals surface area contributed by atoms with E-state index in [1.807, 2.05) is 6.07 Å². The summed E-state index contributed by atoms with van der Waals surface area (Å²) in [6.45, 7) is 3.43. The predicted octanol–water partition coefficient (Wildman–Crippen LogP) is 2.09. The Morgan fingerprint density at radius 1 is 1.15 bits per heavy atom. The van der Waals surface area contributed by atoms with Crippen molar-refractivity contribution < 1.29 is 19.0 Å². The molecule has 174 valence electrons. The van der Waals surface area contributed by atoms with Gasteiger partial charge in [-0.2, -0.15) is 0 Å². The third-order valence-corrected chi connectivity index (χ3v) is 5.82. The highest BCUT2D eigenvalue weighted by atomic mass is 19.1. The van der Waals surface area contributed by atoms with Crippen molar-refractivity contribution in [1.82, 2.24) is 25.0 Å². The lowest BCUT2D eigenvalue weighted by atomic mass is 10.1. The minimum Gasteiger partial charge on any atom is -0.508 e. The first kappa shape index (κ1) is 22.7. The largest absolute Gasteiger partial charge is 0.508 e. The minimum absolute atomic E-state index is 0.110. The molecule has 0 saturated heterocycles. The Morgan fingerprint density at radius 2 is 1.97 bits per heavy atom. The van der Waals surface area contributed by atoms with E-state index in [2.05, 4.69) is 25.0 Å². The van der Waals surface area contributed by atoms with Crippen molar-refractivity contribution in [2.24, 2.45) is 0 Å². The molecule has 0 radical (unpaired) electrons. The highest BCUT2D eigenvalue weighted by molar-refractivity contribution is 5.78. The Hall–Kier alpha value is -3.46. The summed E-state index contributed by atoms with van der Waals surface area (Å²) in [5.41, 5.74) is 1.60. The zero-order valence-electron chi connectivity index (χ0n) is 18.6. The number of aromatic nitrogens is 3. The number of ether oxygens (including phenoxy) is 1. The van der Waals surface area contributed by atoms with E-state index in [9.17, 15) is 14.3 Å². The number of methoxy groups -OCH3 is 1. The van der Waals surface area contributed by atoms with E-state index in [4.69, 9.17) is 4.74 Å². The molecule has 2 aromatic carbocycles. The molecule has 8 nitrogen and oxygen atoms in total. The fraction of sp³-hybridized carbons (Fsp3) is 0.375. The number of amides is 1. The van der Waals surface area contributed by atoms with Gasteiger partial charge in [0, 0.05) is 51.1 Å². The lowest BCUT2D eigenvalue weighted by Crippen LogP contribution is -2.28. The summed E-state index contributed by atoms with van der Waals surface area (Å²) in [4.78, 5) is 14.5. The van der Waals surface area contributed by atoms with E-state index in [1.54, 1.807) is 31.4 Å². The molecule has 2 N–H and O–H groups in total. The zero-order valence-corrected chi connectivity index (χ0v) is 18.6. The maximum absolute atomic E-state index is 13.0. The topological polar surface area (TPSA) is 92.5 Å². The number of aromatic hydroxyl groups is 1. The second-order valence-electron chi connectivity index (χ2n) is 8.11. The number of halogens is 1. The molecule has 9 heteroatoms. The maximum Gasteiger partial charge on any atom is 0.224 e. The molecule has 0 atom stereocenters. The molecule has 3 aromatic rings. The Morgan fingerprint density at radius 3 is 2.76 bits per heavy atom. The van der Waals surface area contributed by atoms with Gasteiger partial charge in [-0.1, -0.05) is 12.1 Å². The van der Waals surface area contributed by atoms with Crippen molar-refractivity contribution in [3.63, 3.8) is 0 Å². The smallest absolute Gasteiger partial charge is 0.224 e. The number of rotatable bonds is 8. The summed E-state index contributed by atoms with van der Waals surface area (Å²) in [7, 11) is 1.61. The zero-order chi connectivity index (χ0) is 23.2. The van der Waals surface area contributed by atoms with E-state index in [0.29, 0.717) is 19.5 Å². The molecule has 33 heavy (non-hydrogen) atoms. The molecule has 1 aliphatic heterocycles. The van der Waals surface area contributed by atoms with Gasteiger partial charge >= 0.3 is 0 Å². The van der Waals surface area contributed by atoms with Gasteiger partial charge < -0.3 is 19.7 Å². The van der Waals surface area contributed by atoms with Crippen LogP contribution in [0, 0.1) is 5.82 Å². The Balaban J connectivity index is 1.29. The molecule has 0 saturated carbocycles. The standard InChI is InChI=1S/C24H28FN5O3/c1-33-20-6-7-21(31)18(15-20)16-29-11-9-23-28-27-22(30(23)13-12-29)8-10-26-24(32)14-17-2-4-19(25)5-3-17/h2-7,15,31H,8-14,16H2,1H3,(H,26,32). The van der Waals surface area contributed by atoms with Crippen LogP contribution >= 0.6 is 0 Å². The van der Waals surface area contributed by atoms with Crippen LogP contribution in [0.25, 0.3) is 0 Å². The van der Waals surface area contributed by atoms with Crippen LogP contribution in [-0.4, -0.2) is 57.4 Å². The predicted molar refractivity (Wildman–Crippen MR) is 120 cm³/mol. The van der Waals surface area contributed by atoms with Gasteiger partial charge in [0.2, 0.25) is 5.91 Å². The van der Waals surface area contributed by atoms with E-state index >= 15 is 0 Å². The second kappa shape index (κ2) is 10.4. The normalized spacial score (nSPS) is 13.9. The van der Waals surface area contributed by atoms with Gasteiger partial charge in [0.1, 0.15) is 29.0 Å². The second-order valence-corrected chi connectivity index (χ2v) is 8.11. The molecule has 0 bridgehead atoms. The number of phenolic OH excluding ortho intramolecular Hbond substituents is 1. The summed E-state index contributed by atoms with van der Waals surface area (Å²) < 4.78 is 20.4. The number of carbonyl (C=O) groups excluding carboxylic acids is 1. The molecule has 4 rings (SSSR count). The number of fused-ring (bicyclic) bond motifs is 1. The van der Waals surface area contributed by atoms with Crippen LogP contribution in [0.1, 0.15) is 22.8 Å². The highest BCUT2D eigenvalue weighted by Gasteiger charge is 2.19. The summed E-state index contributed by atoms with van der Waals surface area (Å²) in [6.07, 6.45) is 1.55. The summed E-state index contributed by atoms with van der Waals surface area (Å²) >= 11 is 0. The lowest BCUT2D eigenvalue weighted by molar-refractivity contribution is -0.120. The van der Waals surface area contributed by atoms with Crippen LogP contribution < -0.4 is 10.1 Å². The molecule has 0 unspecified atom stereocenters. The Bertz CT molecular complexity index is 1100. The minimum atomic E-state index is -0.314. The summed E-state index contributed by atoms with van der Waals surface area (Å²) in [5, 5.41) is 21.8. The highest BCUT2D eigenvalue weighted by Crippen LogP contribution is 2.25. The van der Waals surface area contributed by atoms with Crippen molar-refractivity contribution in [2.75, 3.05) is 26.7 Å². The van der Waals surface area contributed by atoms with Crippen molar-refractivity contribution in [1.29, 1.82) is 0 Å². The van der Waals surface area contributed by atoms with Crippen LogP contribution in [0.4, 0.5) is 4.39 Å². The van der Waals surface area contributed by atoms with Crippen molar-refractivity contribution in [2.45, 2.75) is 32.4 Å². The molecular formula is C24H28FN5O3. The van der Waals surface area contributed by atoms with Gasteiger partial charge in [0.25, 0.3) is 0 Å². The van der Waals surface area contributed by atoms with E-state index in [0.717, 1.165) is 54.6 Å². The quantitative estimate of drug-likeness (QED) is 0.543. The Labute approximate surface area is 192 Å². The van der Waals surface area contributed by atoms with Crippen LogP contribution in [0.15, 0.2) is 42.5 Å². The third kappa shape index (κ3) is 5.87. The SMILES string of the molecule is COc1ccc(O)c(CN2CCc3nnc(CCNC(=O)Cc4ccc(F)cc4)n3CC2)c1. The van der Waals surface area contributed by atoms with Crippen molar-refractivity contribution in [3.05, 3.63) is 71.1 Å². The lowest BCUT2D eigenvalue weighted by Gasteiger charge is -2.20. The fourth-order valence-electron chi connectivity index (χ4n) is 3.99. The first-order chi connectivity index (χ1) is 16.0. The van der Waals surface area contributed by atoms with Crippen LogP contribution in [-0.2, 0) is 37.1 Å². The molecule has 0 fully saturated rings. The number of carbonyl (C=O) groups is 1. The van der Waals surface area contributed by atoms with Crippen LogP contribution in [0.5, 0.6) is 11.5 Å². The van der Waals surface area contributed by atoms with Crippen molar-refractivity contribution >= 4 is 5.91 Å². The van der Waals surface area contributed by atoms with Gasteiger partial charge in [-0.3, -0.25) is 9.69 Å². The number of nitrogens with zero attached hydrogens (tertiary/aromatic N) is 4. The first-order valence-electron chi connectivity index (χ1n) is 11.0. The summed E-state index contributed by atoms with van der Waals surface area (Å²) in [6, 6.07) is 11.2. The van der Waals surface area contributed by atoms with Gasteiger partial charge in [-0.25, -0.2) is 4.39 Å². The number of nitrogens with one attached hydrogen (secondary N) is 1. The number of hydrogen-bond donors (Lipinski definition) is 2. The van der Waals surface area contributed by atoms with Gasteiger partial charge in [0.05, 0.1) is 13.5 Å². The first-order valence-corrected chi connectivity index (χ1v) is 11.0. The molecule has 1 aliphatic rings. The molecule has 2 heterocycles. The van der Waals surface area contributed by atoms with Crippen LogP contribution in [0.3, 0.4) is 0 Å². The van der Waals surface area contributed by atoms with Gasteiger partial charge in [0.15, 0.2) is 0 Å². The van der Waals surface area contributed by atoms with E-state index in [-0.39, 0.29) is 23.9 Å². The van der Waals surface area contributed by atoms with Gasteiger partial charge in [-0.05, 0) is 35.9 Å². The number of hydrogen-bond acceptors (Lipinski definition) is 6. The molecular weight excluding hydrogens is 425 g/mol. The van der Waals surface area contributed by atoms with Crippen molar-refractivity contribution in [3.8, 4) is 11.5 Å². The average Bonchev–Trinajstić information content (AvgIpc) is 3.08.